The third-order valence-electron chi connectivity index (χ3n) is 9.55. The molecule has 7 aromatic rings. The van der Waals surface area contributed by atoms with E-state index in [4.69, 9.17) is 14.4 Å². The molecule has 4 nitrogen and oxygen atoms in total. The van der Waals surface area contributed by atoms with Crippen molar-refractivity contribution in [1.29, 1.82) is 0 Å². The molecule has 5 aromatic carbocycles. The number of hydrogen-bond donors (Lipinski definition) is 1. The van der Waals surface area contributed by atoms with Crippen molar-refractivity contribution < 1.29 is 30.6 Å². The molecular weight excluding hydrogens is 796 g/mol. The smallest absolute Gasteiger partial charge is 0.231 e. The fourth-order valence-electron chi connectivity index (χ4n) is 6.54. The molecule has 1 N–H and O–H groups in total. The minimum atomic E-state index is 0. The molecule has 5 heteroatoms. The predicted molar refractivity (Wildman–Crippen MR) is 202 cm³/mol. The van der Waals surface area contributed by atoms with E-state index in [0.717, 1.165) is 44.5 Å². The van der Waals surface area contributed by atoms with Crippen molar-refractivity contribution in [3.8, 4) is 39.6 Å². The van der Waals surface area contributed by atoms with Crippen LogP contribution < -0.4 is 0 Å². The standard InChI is InChI=1S/C45H43N2O2.Pt/c1-27(2)31-17-19-39-37(20-31)25-38(46-43(39)30-12-8-7-9-13-30)18-16-32-21-36(35-23-33(28(3)4)22-34(24-35)29(5)6)26-40(44(32)48)45-47-41-14-10-11-15-42(41)49-45;/h7-12,14-15,17,19-29,48H,16,18H2,1-6H3;/q-1;. The van der Waals surface area contributed by atoms with Gasteiger partial charge in [-0.1, -0.05) is 90.1 Å². The third kappa shape index (κ3) is 7.18. The van der Waals surface area contributed by atoms with Gasteiger partial charge >= 0.3 is 0 Å². The molecule has 0 saturated carbocycles. The minimum Gasteiger partial charge on any atom is -0.507 e. The van der Waals surface area contributed by atoms with Crippen molar-refractivity contribution in [2.75, 3.05) is 0 Å². The van der Waals surface area contributed by atoms with Crippen molar-refractivity contribution in [3.63, 3.8) is 0 Å². The van der Waals surface area contributed by atoms with Crippen LogP contribution in [0.5, 0.6) is 5.75 Å². The molecule has 256 valence electrons. The summed E-state index contributed by atoms with van der Waals surface area (Å²) >= 11 is 0. The number of phenolic OH excluding ortho intramolecular Hbond substituents is 1. The fourth-order valence-corrected chi connectivity index (χ4v) is 6.54. The first-order chi connectivity index (χ1) is 23.6. The number of oxazole rings is 1. The van der Waals surface area contributed by atoms with E-state index in [2.05, 4.69) is 102 Å². The maximum absolute atomic E-state index is 11.9. The van der Waals surface area contributed by atoms with Gasteiger partial charge in [-0.05, 0) is 111 Å². The van der Waals surface area contributed by atoms with Crippen LogP contribution in [0.15, 0.2) is 108 Å². The van der Waals surface area contributed by atoms with Gasteiger partial charge in [-0.3, -0.25) is 0 Å². The fraction of sp³-hybridized carbons (Fsp3) is 0.244. The molecule has 50 heavy (non-hydrogen) atoms. The summed E-state index contributed by atoms with van der Waals surface area (Å²) in [5, 5.41) is 14.2. The van der Waals surface area contributed by atoms with Crippen LogP contribution in [0.2, 0.25) is 0 Å². The second-order valence-corrected chi connectivity index (χ2v) is 14.1. The third-order valence-corrected chi connectivity index (χ3v) is 9.55. The molecule has 0 atom stereocenters. The van der Waals surface area contributed by atoms with Crippen molar-refractivity contribution in [1.82, 2.24) is 9.97 Å². The zero-order valence-corrected chi connectivity index (χ0v) is 31.8. The average Bonchev–Trinajstić information content (AvgIpc) is 3.55. The number of aromatic nitrogens is 2. The van der Waals surface area contributed by atoms with Gasteiger partial charge in [0.25, 0.3) is 0 Å². The normalized spacial score (nSPS) is 11.6. The van der Waals surface area contributed by atoms with Gasteiger partial charge in [0, 0.05) is 26.8 Å². The Hall–Kier alpha value is -4.53. The van der Waals surface area contributed by atoms with Crippen molar-refractivity contribution in [3.05, 3.63) is 137 Å². The second-order valence-electron chi connectivity index (χ2n) is 14.1. The number of aryl methyl sites for hydroxylation is 2. The average molecular weight is 839 g/mol. The minimum absolute atomic E-state index is 0. The van der Waals surface area contributed by atoms with Crippen molar-refractivity contribution >= 4 is 21.9 Å². The number of nitrogens with zero attached hydrogens (tertiary/aromatic N) is 2. The number of para-hydroxylation sites is 2. The van der Waals surface area contributed by atoms with Gasteiger partial charge in [-0.25, -0.2) is 4.98 Å². The van der Waals surface area contributed by atoms with Crippen LogP contribution in [0, 0.1) is 6.07 Å². The molecule has 0 aliphatic rings. The molecule has 0 saturated heterocycles. The maximum Gasteiger partial charge on any atom is 0.231 e. The Morgan fingerprint density at radius 2 is 1.38 bits per heavy atom. The molecule has 0 spiro atoms. The number of phenols is 1. The van der Waals surface area contributed by atoms with Gasteiger partial charge in [0.1, 0.15) is 11.3 Å². The van der Waals surface area contributed by atoms with E-state index < -0.39 is 0 Å². The molecule has 7 rings (SSSR count). The first kappa shape index (κ1) is 35.3. The predicted octanol–water partition coefficient (Wildman–Crippen LogP) is 12.0. The van der Waals surface area contributed by atoms with Gasteiger partial charge in [0.2, 0.25) is 5.89 Å². The molecule has 2 aromatic heterocycles. The summed E-state index contributed by atoms with van der Waals surface area (Å²) in [5.74, 6) is 1.80. The second kappa shape index (κ2) is 14.8. The van der Waals surface area contributed by atoms with Crippen molar-refractivity contribution in [2.45, 2.75) is 72.1 Å². The number of aromatic hydroxyl groups is 1. The largest absolute Gasteiger partial charge is 0.507 e. The Labute approximate surface area is 309 Å². The van der Waals surface area contributed by atoms with Gasteiger partial charge in [0.05, 0.1) is 5.56 Å². The first-order valence-corrected chi connectivity index (χ1v) is 17.4. The van der Waals surface area contributed by atoms with E-state index in [1.807, 2.05) is 48.5 Å². The number of benzene rings is 5. The van der Waals surface area contributed by atoms with Crippen LogP contribution in [0.25, 0.3) is 55.7 Å². The molecule has 0 aliphatic heterocycles. The number of rotatable bonds is 9. The molecule has 0 bridgehead atoms. The van der Waals surface area contributed by atoms with E-state index in [9.17, 15) is 5.11 Å². The summed E-state index contributed by atoms with van der Waals surface area (Å²) in [4.78, 5) is 9.99. The van der Waals surface area contributed by atoms with Crippen LogP contribution in [0.4, 0.5) is 0 Å². The van der Waals surface area contributed by atoms with E-state index >= 15 is 0 Å². The van der Waals surface area contributed by atoms with Crippen LogP contribution in [0.3, 0.4) is 0 Å². The van der Waals surface area contributed by atoms with Gasteiger partial charge in [-0.15, -0.1) is 35.9 Å². The number of pyridine rings is 1. The van der Waals surface area contributed by atoms with Gasteiger partial charge < -0.3 is 14.5 Å². The SMILES string of the molecule is CC(C)c1cc(-c2cc(CCc3cc4cc(C(C)C)ccc4c(-c4[c-]cccc4)n3)c(O)c(-c3nc4ccccc4o3)c2)cc(C(C)C)c1.[Pt]. The Bertz CT molecular complexity index is 2230. The zero-order chi connectivity index (χ0) is 34.2. The van der Waals surface area contributed by atoms with E-state index in [1.165, 1.54) is 22.1 Å². The summed E-state index contributed by atoms with van der Waals surface area (Å²) in [6.45, 7) is 13.4. The maximum atomic E-state index is 11.9. The molecule has 0 unspecified atom stereocenters. The zero-order valence-electron chi connectivity index (χ0n) is 29.5. The van der Waals surface area contributed by atoms with Crippen LogP contribution in [0.1, 0.15) is 87.2 Å². The summed E-state index contributed by atoms with van der Waals surface area (Å²) in [6, 6.07) is 39.1. The summed E-state index contributed by atoms with van der Waals surface area (Å²) < 4.78 is 6.22. The molecule has 0 amide bonds. The first-order valence-electron chi connectivity index (χ1n) is 17.4. The topological polar surface area (TPSA) is 59.2 Å². The molecule has 0 fully saturated rings. The Kier molecular flexibility index (Phi) is 10.4. The van der Waals surface area contributed by atoms with Crippen LogP contribution >= 0.6 is 0 Å². The summed E-state index contributed by atoms with van der Waals surface area (Å²) in [5.41, 5.74) is 11.8. The van der Waals surface area contributed by atoms with E-state index in [-0.39, 0.29) is 26.8 Å². The molecular formula is C45H43N2O2Pt-. The van der Waals surface area contributed by atoms with Gasteiger partial charge in [0.15, 0.2) is 5.58 Å². The summed E-state index contributed by atoms with van der Waals surface area (Å²) in [7, 11) is 0. The van der Waals surface area contributed by atoms with Crippen molar-refractivity contribution in [2.24, 2.45) is 0 Å². The van der Waals surface area contributed by atoms with Crippen LogP contribution in [-0.2, 0) is 33.9 Å². The van der Waals surface area contributed by atoms with E-state index in [0.29, 0.717) is 47.6 Å². The molecule has 2 heterocycles. The Morgan fingerprint density at radius 1 is 0.680 bits per heavy atom. The summed E-state index contributed by atoms with van der Waals surface area (Å²) in [6.07, 6.45) is 1.24. The quantitative estimate of drug-likeness (QED) is 0.147. The molecule has 0 radical (unpaired) electrons. The number of hydrogen-bond acceptors (Lipinski definition) is 4. The van der Waals surface area contributed by atoms with Gasteiger partial charge in [-0.2, -0.15) is 0 Å². The molecule has 0 aliphatic carbocycles. The Morgan fingerprint density at radius 3 is 2.06 bits per heavy atom. The Balaban J connectivity index is 0.00000432. The van der Waals surface area contributed by atoms with Crippen LogP contribution in [-0.4, -0.2) is 15.1 Å². The van der Waals surface area contributed by atoms with E-state index in [1.54, 1.807) is 0 Å². The monoisotopic (exact) mass is 838 g/mol. The number of fused-ring (bicyclic) bond motifs is 2.